The molecule has 104 valence electrons. The summed E-state index contributed by atoms with van der Waals surface area (Å²) < 4.78 is 2.11. The van der Waals surface area contributed by atoms with Gasteiger partial charge in [0.25, 0.3) is 0 Å². The second kappa shape index (κ2) is 5.61. The highest BCUT2D eigenvalue weighted by atomic mass is 32.1. The highest BCUT2D eigenvalue weighted by Gasteiger charge is 2.27. The molecule has 3 rings (SSSR count). The van der Waals surface area contributed by atoms with Crippen LogP contribution in [0.4, 0.5) is 0 Å². The Morgan fingerprint density at radius 1 is 1.53 bits per heavy atom. The van der Waals surface area contributed by atoms with Crippen LogP contribution in [-0.2, 0) is 6.54 Å². The number of thiazole rings is 1. The Kier molecular flexibility index (Phi) is 3.86. The van der Waals surface area contributed by atoms with Crippen molar-refractivity contribution in [3.8, 4) is 0 Å². The third kappa shape index (κ3) is 2.68. The SMILES string of the molecule is CCC1CCN(Cc2cn3ccsc3n2)C(CN)C1. The Labute approximate surface area is 118 Å². The fourth-order valence-corrected chi connectivity index (χ4v) is 3.79. The van der Waals surface area contributed by atoms with E-state index in [2.05, 4.69) is 39.0 Å². The first-order valence-corrected chi connectivity index (χ1v) is 8.03. The average Bonchev–Trinajstić information content (AvgIpc) is 3.00. The third-order valence-corrected chi connectivity index (χ3v) is 5.07. The zero-order chi connectivity index (χ0) is 13.2. The van der Waals surface area contributed by atoms with Crippen LogP contribution in [0.3, 0.4) is 0 Å². The molecule has 1 saturated heterocycles. The summed E-state index contributed by atoms with van der Waals surface area (Å²) in [5, 5.41) is 2.07. The average molecular weight is 278 g/mol. The monoisotopic (exact) mass is 278 g/mol. The second-order valence-corrected chi connectivity index (χ2v) is 6.36. The third-order valence-electron chi connectivity index (χ3n) is 4.30. The van der Waals surface area contributed by atoms with Crippen molar-refractivity contribution in [2.24, 2.45) is 11.7 Å². The summed E-state index contributed by atoms with van der Waals surface area (Å²) >= 11 is 1.69. The van der Waals surface area contributed by atoms with E-state index >= 15 is 0 Å². The highest BCUT2D eigenvalue weighted by Crippen LogP contribution is 2.26. The van der Waals surface area contributed by atoms with Gasteiger partial charge >= 0.3 is 0 Å². The van der Waals surface area contributed by atoms with Crippen molar-refractivity contribution < 1.29 is 0 Å². The zero-order valence-electron chi connectivity index (χ0n) is 11.5. The first-order chi connectivity index (χ1) is 9.30. The molecule has 0 aromatic carbocycles. The predicted molar refractivity (Wildman–Crippen MR) is 79.3 cm³/mol. The van der Waals surface area contributed by atoms with Crippen LogP contribution in [0.5, 0.6) is 0 Å². The summed E-state index contributed by atoms with van der Waals surface area (Å²) in [6.07, 6.45) is 8.04. The number of likely N-dealkylation sites (tertiary alicyclic amines) is 1. The molecule has 4 nitrogen and oxygen atoms in total. The van der Waals surface area contributed by atoms with Gasteiger partial charge in [-0.25, -0.2) is 4.98 Å². The number of nitrogens with two attached hydrogens (primary N) is 1. The molecular formula is C14H22N4S. The van der Waals surface area contributed by atoms with E-state index in [0.29, 0.717) is 6.04 Å². The van der Waals surface area contributed by atoms with Crippen molar-refractivity contribution in [3.63, 3.8) is 0 Å². The molecular weight excluding hydrogens is 256 g/mol. The Hall–Kier alpha value is -0.910. The molecule has 2 aromatic heterocycles. The van der Waals surface area contributed by atoms with E-state index in [4.69, 9.17) is 5.73 Å². The lowest BCUT2D eigenvalue weighted by molar-refractivity contribution is 0.106. The molecule has 3 heterocycles. The lowest BCUT2D eigenvalue weighted by Crippen LogP contribution is -2.46. The van der Waals surface area contributed by atoms with Crippen LogP contribution in [0, 0.1) is 5.92 Å². The lowest BCUT2D eigenvalue weighted by Gasteiger charge is -2.38. The van der Waals surface area contributed by atoms with Gasteiger partial charge in [0.2, 0.25) is 0 Å². The van der Waals surface area contributed by atoms with Gasteiger partial charge in [-0.2, -0.15) is 0 Å². The van der Waals surface area contributed by atoms with Crippen LogP contribution in [0.25, 0.3) is 4.96 Å². The van der Waals surface area contributed by atoms with Crippen LogP contribution in [0.2, 0.25) is 0 Å². The number of piperidine rings is 1. The Bertz CT molecular complexity index is 504. The minimum atomic E-state index is 0.526. The van der Waals surface area contributed by atoms with Crippen molar-refractivity contribution in [1.82, 2.24) is 14.3 Å². The summed E-state index contributed by atoms with van der Waals surface area (Å²) in [5.41, 5.74) is 7.12. The number of fused-ring (bicyclic) bond motifs is 1. The first kappa shape index (κ1) is 13.1. The summed E-state index contributed by atoms with van der Waals surface area (Å²) in [7, 11) is 0. The summed E-state index contributed by atoms with van der Waals surface area (Å²) in [6, 6.07) is 0.526. The number of imidazole rings is 1. The van der Waals surface area contributed by atoms with Gasteiger partial charge in [-0.1, -0.05) is 13.3 Å². The molecule has 1 aliphatic rings. The maximum Gasteiger partial charge on any atom is 0.193 e. The fraction of sp³-hybridized carbons (Fsp3) is 0.643. The van der Waals surface area contributed by atoms with Crippen LogP contribution in [0.1, 0.15) is 31.9 Å². The molecule has 5 heteroatoms. The molecule has 0 aliphatic carbocycles. The van der Waals surface area contributed by atoms with E-state index in [9.17, 15) is 0 Å². The van der Waals surface area contributed by atoms with Gasteiger partial charge in [0.05, 0.1) is 5.69 Å². The largest absolute Gasteiger partial charge is 0.329 e. The maximum absolute atomic E-state index is 5.95. The van der Waals surface area contributed by atoms with Gasteiger partial charge in [-0.3, -0.25) is 9.30 Å². The van der Waals surface area contributed by atoms with Crippen LogP contribution in [0.15, 0.2) is 17.8 Å². The van der Waals surface area contributed by atoms with Gasteiger partial charge in [0, 0.05) is 36.9 Å². The molecule has 0 spiro atoms. The predicted octanol–water partition coefficient (Wildman–Crippen LogP) is 2.35. The second-order valence-electron chi connectivity index (χ2n) is 5.48. The highest BCUT2D eigenvalue weighted by molar-refractivity contribution is 7.15. The molecule has 0 amide bonds. The van der Waals surface area contributed by atoms with E-state index in [0.717, 1.165) is 30.5 Å². The van der Waals surface area contributed by atoms with Gasteiger partial charge in [0.1, 0.15) is 0 Å². The van der Waals surface area contributed by atoms with Gasteiger partial charge in [-0.15, -0.1) is 11.3 Å². The molecule has 2 atom stereocenters. The zero-order valence-corrected chi connectivity index (χ0v) is 12.3. The smallest absolute Gasteiger partial charge is 0.193 e. The number of hydrogen-bond acceptors (Lipinski definition) is 4. The Morgan fingerprint density at radius 2 is 2.42 bits per heavy atom. The van der Waals surface area contributed by atoms with Crippen molar-refractivity contribution in [3.05, 3.63) is 23.5 Å². The molecule has 2 unspecified atom stereocenters. The Balaban J connectivity index is 1.69. The summed E-state index contributed by atoms with van der Waals surface area (Å²) in [5.74, 6) is 0.857. The van der Waals surface area contributed by atoms with Crippen molar-refractivity contribution in [2.45, 2.75) is 38.8 Å². The van der Waals surface area contributed by atoms with Crippen LogP contribution >= 0.6 is 11.3 Å². The number of aromatic nitrogens is 2. The molecule has 2 N–H and O–H groups in total. The molecule has 0 radical (unpaired) electrons. The normalized spacial score (nSPS) is 25.2. The van der Waals surface area contributed by atoms with Crippen molar-refractivity contribution >= 4 is 16.3 Å². The standard InChI is InChI=1S/C14H22N4S/c1-2-11-3-4-17(13(7-11)8-15)9-12-10-18-5-6-19-14(18)16-12/h5-6,10-11,13H,2-4,7-9,15H2,1H3. The van der Waals surface area contributed by atoms with E-state index in [1.54, 1.807) is 11.3 Å². The molecule has 1 aliphatic heterocycles. The van der Waals surface area contributed by atoms with E-state index in [1.165, 1.54) is 25.0 Å². The summed E-state index contributed by atoms with van der Waals surface area (Å²) in [4.78, 5) is 8.27. The van der Waals surface area contributed by atoms with E-state index < -0.39 is 0 Å². The number of rotatable bonds is 4. The molecule has 1 fully saturated rings. The number of hydrogen-bond donors (Lipinski definition) is 1. The first-order valence-electron chi connectivity index (χ1n) is 7.15. The minimum absolute atomic E-state index is 0.526. The van der Waals surface area contributed by atoms with E-state index in [1.807, 2.05) is 0 Å². The molecule has 2 aromatic rings. The summed E-state index contributed by atoms with van der Waals surface area (Å²) in [6.45, 7) is 5.15. The Morgan fingerprint density at radius 3 is 3.16 bits per heavy atom. The molecule has 19 heavy (non-hydrogen) atoms. The van der Waals surface area contributed by atoms with Crippen molar-refractivity contribution in [2.75, 3.05) is 13.1 Å². The fourth-order valence-electron chi connectivity index (χ4n) is 3.07. The quantitative estimate of drug-likeness (QED) is 0.934. The van der Waals surface area contributed by atoms with E-state index in [-0.39, 0.29) is 0 Å². The van der Waals surface area contributed by atoms with Gasteiger partial charge in [-0.05, 0) is 25.3 Å². The van der Waals surface area contributed by atoms with Crippen LogP contribution < -0.4 is 5.73 Å². The lowest BCUT2D eigenvalue weighted by atomic mass is 9.89. The topological polar surface area (TPSA) is 46.6 Å². The van der Waals surface area contributed by atoms with Gasteiger partial charge < -0.3 is 5.73 Å². The number of nitrogens with zero attached hydrogens (tertiary/aromatic N) is 3. The van der Waals surface area contributed by atoms with Crippen LogP contribution in [-0.4, -0.2) is 33.4 Å². The maximum atomic E-state index is 5.95. The molecule has 0 saturated carbocycles. The molecule has 0 bridgehead atoms. The van der Waals surface area contributed by atoms with Crippen molar-refractivity contribution in [1.29, 1.82) is 0 Å². The van der Waals surface area contributed by atoms with Gasteiger partial charge in [0.15, 0.2) is 4.96 Å². The minimum Gasteiger partial charge on any atom is -0.329 e.